The van der Waals surface area contributed by atoms with Crippen LogP contribution in [0.15, 0.2) is 0 Å². The number of rotatable bonds is 3. The van der Waals surface area contributed by atoms with E-state index in [-0.39, 0.29) is 5.97 Å². The van der Waals surface area contributed by atoms with Crippen molar-refractivity contribution in [1.82, 2.24) is 0 Å². The Morgan fingerprint density at radius 2 is 2.00 bits per heavy atom. The molecule has 2 atom stereocenters. The van der Waals surface area contributed by atoms with E-state index in [0.717, 1.165) is 0 Å². The number of carboxylic acids is 1. The molecule has 4 nitrogen and oxygen atoms in total. The van der Waals surface area contributed by atoms with Gasteiger partial charge in [0.1, 0.15) is 0 Å². The smallest absolute Gasteiger partial charge is 0.309 e. The molecule has 0 radical (unpaired) electrons. The van der Waals surface area contributed by atoms with E-state index >= 15 is 0 Å². The maximum absolute atomic E-state index is 11.1. The number of hydrogen-bond acceptors (Lipinski definition) is 3. The third-order valence-corrected chi connectivity index (χ3v) is 2.18. The highest BCUT2D eigenvalue weighted by Crippen LogP contribution is 2.35. The van der Waals surface area contributed by atoms with E-state index in [1.807, 2.05) is 0 Å². The number of aliphatic carboxylic acids is 1. The topological polar surface area (TPSA) is 63.6 Å². The number of hydrogen-bond donors (Lipinski definition) is 1. The van der Waals surface area contributed by atoms with Gasteiger partial charge in [0.2, 0.25) is 0 Å². The molecule has 68 valence electrons. The summed E-state index contributed by atoms with van der Waals surface area (Å²) in [6.45, 7) is 2.04. The number of ether oxygens (including phenoxy) is 1. The van der Waals surface area contributed by atoms with Crippen LogP contribution in [-0.4, -0.2) is 23.7 Å². The van der Waals surface area contributed by atoms with Gasteiger partial charge in [0.25, 0.3) is 0 Å². The van der Waals surface area contributed by atoms with Crippen molar-refractivity contribution in [2.24, 2.45) is 11.8 Å². The summed E-state index contributed by atoms with van der Waals surface area (Å²) in [5.74, 6) is -2.16. The Hall–Kier alpha value is -1.06. The summed E-state index contributed by atoms with van der Waals surface area (Å²) in [5.41, 5.74) is 0. The first-order valence-electron chi connectivity index (χ1n) is 4.06. The Labute approximate surface area is 70.5 Å². The molecule has 0 aromatic rings. The fourth-order valence-corrected chi connectivity index (χ4v) is 1.33. The number of carbonyl (C=O) groups excluding carboxylic acids is 1. The van der Waals surface area contributed by atoms with Gasteiger partial charge in [-0.05, 0) is 19.8 Å². The number of esters is 1. The van der Waals surface area contributed by atoms with Crippen molar-refractivity contribution in [3.8, 4) is 0 Å². The van der Waals surface area contributed by atoms with Crippen LogP contribution < -0.4 is 0 Å². The van der Waals surface area contributed by atoms with Gasteiger partial charge in [0, 0.05) is 0 Å². The Morgan fingerprint density at radius 1 is 1.42 bits per heavy atom. The van der Waals surface area contributed by atoms with Crippen LogP contribution in [0.25, 0.3) is 0 Å². The van der Waals surface area contributed by atoms with E-state index in [0.29, 0.717) is 19.4 Å². The molecule has 0 aliphatic heterocycles. The molecule has 0 saturated heterocycles. The highest BCUT2D eigenvalue weighted by atomic mass is 16.5. The van der Waals surface area contributed by atoms with Gasteiger partial charge in [0.05, 0.1) is 18.4 Å². The SMILES string of the molecule is CCOC(=O)[C@H]1CC[C@@H]1C(=O)O. The van der Waals surface area contributed by atoms with Crippen LogP contribution in [0.4, 0.5) is 0 Å². The average Bonchev–Trinajstić information content (AvgIpc) is 1.82. The summed E-state index contributed by atoms with van der Waals surface area (Å²) < 4.78 is 4.72. The predicted molar refractivity (Wildman–Crippen MR) is 40.5 cm³/mol. The molecule has 1 rings (SSSR count). The average molecular weight is 172 g/mol. The molecule has 1 fully saturated rings. The maximum Gasteiger partial charge on any atom is 0.309 e. The van der Waals surface area contributed by atoms with Crippen molar-refractivity contribution >= 4 is 11.9 Å². The van der Waals surface area contributed by atoms with Crippen LogP contribution in [0.2, 0.25) is 0 Å². The molecule has 1 N–H and O–H groups in total. The third-order valence-electron chi connectivity index (χ3n) is 2.18. The largest absolute Gasteiger partial charge is 0.481 e. The standard InChI is InChI=1S/C8H12O4/c1-2-12-8(11)6-4-3-5(6)7(9)10/h5-6H,2-4H2,1H3,(H,9,10)/t5-,6-/m0/s1. The van der Waals surface area contributed by atoms with Gasteiger partial charge >= 0.3 is 11.9 Å². The van der Waals surface area contributed by atoms with E-state index in [2.05, 4.69) is 0 Å². The molecule has 0 amide bonds. The van der Waals surface area contributed by atoms with Gasteiger partial charge in [0.15, 0.2) is 0 Å². The molecule has 0 aromatic heterocycles. The van der Waals surface area contributed by atoms with E-state index in [1.165, 1.54) is 0 Å². The Balaban J connectivity index is 2.43. The quantitative estimate of drug-likeness (QED) is 0.635. The molecule has 1 saturated carbocycles. The summed E-state index contributed by atoms with van der Waals surface area (Å²) in [6, 6.07) is 0. The minimum Gasteiger partial charge on any atom is -0.481 e. The first-order chi connectivity index (χ1) is 5.66. The lowest BCUT2D eigenvalue weighted by molar-refractivity contribution is -0.163. The first-order valence-corrected chi connectivity index (χ1v) is 4.06. The Kier molecular flexibility index (Phi) is 2.68. The van der Waals surface area contributed by atoms with Crippen LogP contribution in [0.1, 0.15) is 19.8 Å². The zero-order valence-electron chi connectivity index (χ0n) is 6.95. The molecular formula is C8H12O4. The van der Waals surface area contributed by atoms with Crippen LogP contribution >= 0.6 is 0 Å². The number of carboxylic acid groups (broad SMARTS) is 1. The second kappa shape index (κ2) is 3.56. The van der Waals surface area contributed by atoms with Crippen LogP contribution in [0.3, 0.4) is 0 Å². The second-order valence-corrected chi connectivity index (χ2v) is 2.88. The highest BCUT2D eigenvalue weighted by molar-refractivity contribution is 5.82. The van der Waals surface area contributed by atoms with Gasteiger partial charge in [-0.2, -0.15) is 0 Å². The van der Waals surface area contributed by atoms with Crippen LogP contribution in [0.5, 0.6) is 0 Å². The van der Waals surface area contributed by atoms with Gasteiger partial charge in [-0.1, -0.05) is 0 Å². The molecule has 12 heavy (non-hydrogen) atoms. The molecule has 0 spiro atoms. The van der Waals surface area contributed by atoms with Gasteiger partial charge in [-0.25, -0.2) is 0 Å². The summed E-state index contributed by atoms with van der Waals surface area (Å²) in [5, 5.41) is 8.61. The summed E-state index contributed by atoms with van der Waals surface area (Å²) >= 11 is 0. The fourth-order valence-electron chi connectivity index (χ4n) is 1.33. The van der Waals surface area contributed by atoms with Crippen LogP contribution in [0, 0.1) is 11.8 Å². The van der Waals surface area contributed by atoms with Crippen molar-refractivity contribution in [3.05, 3.63) is 0 Å². The van der Waals surface area contributed by atoms with Crippen LogP contribution in [-0.2, 0) is 14.3 Å². The molecule has 0 aromatic carbocycles. The minimum atomic E-state index is -0.890. The molecule has 0 bridgehead atoms. The van der Waals surface area contributed by atoms with Crippen molar-refractivity contribution in [2.75, 3.05) is 6.61 Å². The predicted octanol–water partition coefficient (Wildman–Crippen LogP) is 0.660. The van der Waals surface area contributed by atoms with Gasteiger partial charge in [-0.15, -0.1) is 0 Å². The summed E-state index contributed by atoms with van der Waals surface area (Å²) in [4.78, 5) is 21.5. The summed E-state index contributed by atoms with van der Waals surface area (Å²) in [6.07, 6.45) is 1.24. The second-order valence-electron chi connectivity index (χ2n) is 2.88. The lowest BCUT2D eigenvalue weighted by Gasteiger charge is -2.30. The highest BCUT2D eigenvalue weighted by Gasteiger charge is 2.42. The van der Waals surface area contributed by atoms with E-state index in [1.54, 1.807) is 6.92 Å². The lowest BCUT2D eigenvalue weighted by atomic mass is 9.74. The minimum absolute atomic E-state index is 0.321. The van der Waals surface area contributed by atoms with E-state index < -0.39 is 17.8 Å². The molecule has 1 aliphatic rings. The normalized spacial score (nSPS) is 27.4. The number of carbonyl (C=O) groups is 2. The van der Waals surface area contributed by atoms with E-state index in [4.69, 9.17) is 9.84 Å². The van der Waals surface area contributed by atoms with Crippen molar-refractivity contribution in [3.63, 3.8) is 0 Å². The van der Waals surface area contributed by atoms with Crippen molar-refractivity contribution in [2.45, 2.75) is 19.8 Å². The molecular weight excluding hydrogens is 160 g/mol. The Bertz CT molecular complexity index is 199. The molecule has 0 heterocycles. The van der Waals surface area contributed by atoms with Gasteiger partial charge < -0.3 is 9.84 Å². The molecule has 0 unspecified atom stereocenters. The third kappa shape index (κ3) is 1.57. The monoisotopic (exact) mass is 172 g/mol. The Morgan fingerprint density at radius 3 is 2.33 bits per heavy atom. The molecule has 1 aliphatic carbocycles. The van der Waals surface area contributed by atoms with Gasteiger partial charge in [-0.3, -0.25) is 9.59 Å². The zero-order valence-corrected chi connectivity index (χ0v) is 6.95. The zero-order chi connectivity index (χ0) is 9.14. The maximum atomic E-state index is 11.1. The van der Waals surface area contributed by atoms with Crippen molar-refractivity contribution < 1.29 is 19.4 Å². The van der Waals surface area contributed by atoms with E-state index in [9.17, 15) is 9.59 Å². The first kappa shape index (κ1) is 9.03. The lowest BCUT2D eigenvalue weighted by Crippen LogP contribution is -2.39. The molecule has 4 heteroatoms. The fraction of sp³-hybridized carbons (Fsp3) is 0.750. The van der Waals surface area contributed by atoms with Crippen molar-refractivity contribution in [1.29, 1.82) is 0 Å². The summed E-state index contributed by atoms with van der Waals surface area (Å²) in [7, 11) is 0.